The van der Waals surface area contributed by atoms with Gasteiger partial charge in [0.05, 0.1) is 0 Å². The van der Waals surface area contributed by atoms with E-state index < -0.39 is 0 Å². The SMILES string of the molecule is C/C(=C\[NH-])c1ccc(C)cc1. The van der Waals surface area contributed by atoms with Crippen LogP contribution in [0.2, 0.25) is 0 Å². The first-order valence-corrected chi connectivity index (χ1v) is 3.65. The Morgan fingerprint density at radius 1 is 1.27 bits per heavy atom. The minimum Gasteiger partial charge on any atom is -0.705 e. The van der Waals surface area contributed by atoms with Crippen molar-refractivity contribution in [3.63, 3.8) is 0 Å². The van der Waals surface area contributed by atoms with Gasteiger partial charge in [-0.2, -0.15) is 6.20 Å². The zero-order valence-electron chi connectivity index (χ0n) is 6.89. The first-order valence-electron chi connectivity index (χ1n) is 3.65. The van der Waals surface area contributed by atoms with Crippen molar-refractivity contribution < 1.29 is 0 Å². The summed E-state index contributed by atoms with van der Waals surface area (Å²) >= 11 is 0. The first-order chi connectivity index (χ1) is 5.24. The van der Waals surface area contributed by atoms with Crippen LogP contribution >= 0.6 is 0 Å². The van der Waals surface area contributed by atoms with Crippen molar-refractivity contribution in [2.24, 2.45) is 0 Å². The molecule has 0 atom stereocenters. The smallest absolute Gasteiger partial charge is 0.0245 e. The normalized spacial score (nSPS) is 11.6. The van der Waals surface area contributed by atoms with Gasteiger partial charge in [-0.05, 0) is 19.4 Å². The van der Waals surface area contributed by atoms with Crippen LogP contribution in [0, 0.1) is 6.92 Å². The number of nitrogens with one attached hydrogen (secondary N) is 1. The van der Waals surface area contributed by atoms with Gasteiger partial charge in [-0.25, -0.2) is 0 Å². The molecule has 1 aromatic rings. The van der Waals surface area contributed by atoms with Crippen molar-refractivity contribution >= 4 is 5.57 Å². The van der Waals surface area contributed by atoms with Gasteiger partial charge in [0.15, 0.2) is 0 Å². The third-order valence-electron chi connectivity index (χ3n) is 1.72. The Labute approximate surface area is 67.5 Å². The molecule has 0 heterocycles. The Balaban J connectivity index is 2.99. The highest BCUT2D eigenvalue weighted by atomic mass is 14.5. The third-order valence-corrected chi connectivity index (χ3v) is 1.72. The van der Waals surface area contributed by atoms with Gasteiger partial charge in [-0.3, -0.25) is 0 Å². The van der Waals surface area contributed by atoms with Crippen molar-refractivity contribution in [1.29, 1.82) is 0 Å². The van der Waals surface area contributed by atoms with Crippen LogP contribution < -0.4 is 0 Å². The van der Waals surface area contributed by atoms with Gasteiger partial charge >= 0.3 is 0 Å². The van der Waals surface area contributed by atoms with Gasteiger partial charge in [0.2, 0.25) is 0 Å². The molecule has 0 aliphatic carbocycles. The average Bonchev–Trinajstić information content (AvgIpc) is 2.05. The molecule has 0 bridgehead atoms. The van der Waals surface area contributed by atoms with E-state index in [4.69, 9.17) is 5.73 Å². The summed E-state index contributed by atoms with van der Waals surface area (Å²) < 4.78 is 0. The van der Waals surface area contributed by atoms with Gasteiger partial charge in [0.25, 0.3) is 0 Å². The zero-order valence-corrected chi connectivity index (χ0v) is 6.89. The van der Waals surface area contributed by atoms with Crippen LogP contribution in [0.25, 0.3) is 11.3 Å². The minimum atomic E-state index is 1.00. The molecule has 0 aliphatic heterocycles. The number of benzene rings is 1. The lowest BCUT2D eigenvalue weighted by Crippen LogP contribution is -1.78. The molecule has 0 saturated carbocycles. The van der Waals surface area contributed by atoms with E-state index in [0.29, 0.717) is 0 Å². The third kappa shape index (κ3) is 1.84. The van der Waals surface area contributed by atoms with Crippen LogP contribution in [0.5, 0.6) is 0 Å². The molecular formula is C10H12N-. The molecule has 1 N–H and O–H groups in total. The highest BCUT2D eigenvalue weighted by molar-refractivity contribution is 5.64. The van der Waals surface area contributed by atoms with E-state index in [0.717, 1.165) is 11.1 Å². The molecule has 1 heteroatoms. The van der Waals surface area contributed by atoms with E-state index in [1.54, 1.807) is 0 Å². The van der Waals surface area contributed by atoms with Gasteiger partial charge < -0.3 is 5.73 Å². The van der Waals surface area contributed by atoms with E-state index in [2.05, 4.69) is 19.1 Å². The Kier molecular flexibility index (Phi) is 2.32. The summed E-state index contributed by atoms with van der Waals surface area (Å²) in [6.07, 6.45) is 1.38. The van der Waals surface area contributed by atoms with Crippen LogP contribution in [0.4, 0.5) is 0 Å². The monoisotopic (exact) mass is 146 g/mol. The van der Waals surface area contributed by atoms with Gasteiger partial charge in [0, 0.05) is 0 Å². The number of aryl methyl sites for hydroxylation is 1. The van der Waals surface area contributed by atoms with E-state index in [-0.39, 0.29) is 0 Å². The molecular weight excluding hydrogens is 134 g/mol. The maximum absolute atomic E-state index is 7.04. The average molecular weight is 146 g/mol. The summed E-state index contributed by atoms with van der Waals surface area (Å²) in [5, 5.41) is 0. The minimum absolute atomic E-state index is 1.00. The molecule has 0 fully saturated rings. The fourth-order valence-electron chi connectivity index (χ4n) is 0.900. The Bertz CT molecular complexity index is 257. The molecule has 0 aliphatic rings. The van der Waals surface area contributed by atoms with Crippen LogP contribution in [0.3, 0.4) is 0 Å². The highest BCUT2D eigenvalue weighted by Crippen LogP contribution is 2.13. The zero-order chi connectivity index (χ0) is 8.27. The van der Waals surface area contributed by atoms with Crippen LogP contribution in [-0.4, -0.2) is 0 Å². The summed E-state index contributed by atoms with van der Waals surface area (Å²) in [6.45, 7) is 4.00. The number of hydrogen-bond donors (Lipinski definition) is 0. The highest BCUT2D eigenvalue weighted by Gasteiger charge is 1.90. The summed E-state index contributed by atoms with van der Waals surface area (Å²) in [5.41, 5.74) is 10.4. The predicted octanol–water partition coefficient (Wildman–Crippen LogP) is 3.41. The summed E-state index contributed by atoms with van der Waals surface area (Å²) in [7, 11) is 0. The standard InChI is InChI=1S/C10H12N/c1-8-3-5-10(6-4-8)9(2)7-11/h3-7,11H,1-2H3/q-1/b9-7+. The quantitative estimate of drug-likeness (QED) is 0.579. The predicted molar refractivity (Wildman–Crippen MR) is 49.2 cm³/mol. The van der Waals surface area contributed by atoms with Gasteiger partial charge in [-0.15, -0.1) is 0 Å². The second kappa shape index (κ2) is 3.24. The van der Waals surface area contributed by atoms with Crippen LogP contribution in [0.15, 0.2) is 30.5 Å². The molecule has 0 aromatic heterocycles. The maximum atomic E-state index is 7.04. The van der Waals surface area contributed by atoms with E-state index in [9.17, 15) is 0 Å². The second-order valence-corrected chi connectivity index (χ2v) is 2.69. The lowest BCUT2D eigenvalue weighted by atomic mass is 10.1. The van der Waals surface area contributed by atoms with Gasteiger partial charge in [-0.1, -0.05) is 35.4 Å². The molecule has 0 amide bonds. The fraction of sp³-hybridized carbons (Fsp3) is 0.200. The molecule has 0 saturated heterocycles. The van der Waals surface area contributed by atoms with Crippen LogP contribution in [-0.2, 0) is 0 Å². The molecule has 1 nitrogen and oxygen atoms in total. The van der Waals surface area contributed by atoms with E-state index >= 15 is 0 Å². The Hall–Kier alpha value is -1.24. The van der Waals surface area contributed by atoms with E-state index in [1.165, 1.54) is 11.8 Å². The number of hydrogen-bond acceptors (Lipinski definition) is 0. The molecule has 0 radical (unpaired) electrons. The number of allylic oxidation sites excluding steroid dienone is 1. The lowest BCUT2D eigenvalue weighted by Gasteiger charge is -2.02. The Morgan fingerprint density at radius 2 is 1.82 bits per heavy atom. The van der Waals surface area contributed by atoms with Gasteiger partial charge in [0.1, 0.15) is 0 Å². The largest absolute Gasteiger partial charge is 0.705 e. The van der Waals surface area contributed by atoms with Crippen molar-refractivity contribution in [3.05, 3.63) is 47.3 Å². The topological polar surface area (TPSA) is 23.8 Å². The Morgan fingerprint density at radius 3 is 2.27 bits per heavy atom. The molecule has 1 rings (SSSR count). The summed E-state index contributed by atoms with van der Waals surface area (Å²) in [6, 6.07) is 8.19. The molecule has 1 aromatic carbocycles. The van der Waals surface area contributed by atoms with Crippen molar-refractivity contribution in [2.75, 3.05) is 0 Å². The maximum Gasteiger partial charge on any atom is -0.0245 e. The van der Waals surface area contributed by atoms with Crippen molar-refractivity contribution in [2.45, 2.75) is 13.8 Å². The summed E-state index contributed by atoms with van der Waals surface area (Å²) in [4.78, 5) is 0. The molecule has 0 unspecified atom stereocenters. The molecule has 11 heavy (non-hydrogen) atoms. The second-order valence-electron chi connectivity index (χ2n) is 2.69. The fourth-order valence-corrected chi connectivity index (χ4v) is 0.900. The first kappa shape index (κ1) is 7.86. The molecule has 0 spiro atoms. The van der Waals surface area contributed by atoms with Crippen molar-refractivity contribution in [3.8, 4) is 0 Å². The summed E-state index contributed by atoms with van der Waals surface area (Å²) in [5.74, 6) is 0. The van der Waals surface area contributed by atoms with Crippen molar-refractivity contribution in [1.82, 2.24) is 0 Å². The molecule has 58 valence electrons. The van der Waals surface area contributed by atoms with E-state index in [1.807, 2.05) is 19.1 Å². The lowest BCUT2D eigenvalue weighted by molar-refractivity contribution is 1.44. The number of rotatable bonds is 1. The van der Waals surface area contributed by atoms with Crippen LogP contribution in [0.1, 0.15) is 18.1 Å².